The molecule has 0 radical (unpaired) electrons. The smallest absolute Gasteiger partial charge is 0.151 e. The number of rotatable bonds is 1. The molecule has 0 saturated heterocycles. The zero-order valence-electron chi connectivity index (χ0n) is 9.19. The van der Waals surface area contributed by atoms with Gasteiger partial charge in [0.25, 0.3) is 0 Å². The quantitative estimate of drug-likeness (QED) is 0.666. The summed E-state index contributed by atoms with van der Waals surface area (Å²) < 4.78 is 1.94. The summed E-state index contributed by atoms with van der Waals surface area (Å²) in [4.78, 5) is 15.1. The predicted molar refractivity (Wildman–Crippen MR) is 59.3 cm³/mol. The summed E-state index contributed by atoms with van der Waals surface area (Å²) in [6.45, 7) is 6.34. The highest BCUT2D eigenvalue weighted by molar-refractivity contribution is 5.78. The molecule has 0 aromatic carbocycles. The first-order valence-electron chi connectivity index (χ1n) is 4.95. The molecule has 3 nitrogen and oxygen atoms in total. The number of fused-ring (bicyclic) bond motifs is 1. The lowest BCUT2D eigenvalue weighted by atomic mass is 9.91. The van der Waals surface area contributed by atoms with Crippen molar-refractivity contribution >= 4 is 11.8 Å². The fraction of sp³-hybridized carbons (Fsp3) is 0.333. The Bertz CT molecular complexity index is 506. The molecule has 3 heteroatoms. The van der Waals surface area contributed by atoms with E-state index in [0.717, 1.165) is 17.5 Å². The Kier molecular flexibility index (Phi) is 2.11. The Morgan fingerprint density at radius 2 is 2.13 bits per heavy atom. The SMILES string of the molecule is CC(C)(C)c1nccn2cc(C=O)cc12. The van der Waals surface area contributed by atoms with Crippen LogP contribution in [0.3, 0.4) is 0 Å². The molecule has 0 fully saturated rings. The maximum absolute atomic E-state index is 10.7. The molecule has 0 atom stereocenters. The number of aldehydes is 1. The molecule has 78 valence electrons. The zero-order chi connectivity index (χ0) is 11.1. The van der Waals surface area contributed by atoms with E-state index in [2.05, 4.69) is 25.8 Å². The molecule has 0 unspecified atom stereocenters. The highest BCUT2D eigenvalue weighted by Crippen LogP contribution is 2.25. The van der Waals surface area contributed by atoms with E-state index in [1.165, 1.54) is 0 Å². The predicted octanol–water partition coefficient (Wildman–Crippen LogP) is 2.44. The van der Waals surface area contributed by atoms with E-state index in [1.54, 1.807) is 6.20 Å². The number of carbonyl (C=O) groups is 1. The van der Waals surface area contributed by atoms with E-state index < -0.39 is 0 Å². The second-order valence-corrected chi connectivity index (χ2v) is 4.71. The molecule has 0 aliphatic carbocycles. The van der Waals surface area contributed by atoms with Crippen molar-refractivity contribution in [3.8, 4) is 0 Å². The minimum Gasteiger partial charge on any atom is -0.320 e. The first-order chi connectivity index (χ1) is 7.02. The van der Waals surface area contributed by atoms with Gasteiger partial charge in [0.05, 0.1) is 11.2 Å². The molecule has 2 rings (SSSR count). The Morgan fingerprint density at radius 1 is 1.40 bits per heavy atom. The lowest BCUT2D eigenvalue weighted by Gasteiger charge is -2.18. The van der Waals surface area contributed by atoms with Crippen LogP contribution in [0.15, 0.2) is 24.7 Å². The van der Waals surface area contributed by atoms with Gasteiger partial charge in [0.2, 0.25) is 0 Å². The number of aromatic nitrogens is 2. The van der Waals surface area contributed by atoms with E-state index in [9.17, 15) is 4.79 Å². The van der Waals surface area contributed by atoms with E-state index in [-0.39, 0.29) is 5.41 Å². The summed E-state index contributed by atoms with van der Waals surface area (Å²) in [6.07, 6.45) is 6.30. The molecule has 0 amide bonds. The van der Waals surface area contributed by atoms with Crippen molar-refractivity contribution in [1.29, 1.82) is 0 Å². The van der Waals surface area contributed by atoms with Crippen LogP contribution < -0.4 is 0 Å². The number of carbonyl (C=O) groups excluding carboxylic acids is 1. The van der Waals surface area contributed by atoms with Crippen molar-refractivity contribution in [1.82, 2.24) is 9.38 Å². The second-order valence-electron chi connectivity index (χ2n) is 4.71. The average Bonchev–Trinajstić information content (AvgIpc) is 2.57. The molecule has 0 N–H and O–H groups in total. The standard InChI is InChI=1S/C12H14N2O/c1-12(2,3)11-10-6-9(8-15)7-14(10)5-4-13-11/h4-8H,1-3H3. The van der Waals surface area contributed by atoms with Crippen LogP contribution in [-0.2, 0) is 5.41 Å². The molecule has 0 spiro atoms. The molecule has 0 bridgehead atoms. The first-order valence-corrected chi connectivity index (χ1v) is 4.95. The van der Waals surface area contributed by atoms with Crippen LogP contribution in [0.4, 0.5) is 0 Å². The van der Waals surface area contributed by atoms with Gasteiger partial charge in [-0.3, -0.25) is 9.78 Å². The van der Waals surface area contributed by atoms with Crippen LogP contribution >= 0.6 is 0 Å². The monoisotopic (exact) mass is 202 g/mol. The van der Waals surface area contributed by atoms with Crippen LogP contribution in [0.25, 0.3) is 5.52 Å². The summed E-state index contributed by atoms with van der Waals surface area (Å²) in [7, 11) is 0. The normalized spacial score (nSPS) is 11.9. The van der Waals surface area contributed by atoms with E-state index in [1.807, 2.05) is 22.9 Å². The van der Waals surface area contributed by atoms with Crippen molar-refractivity contribution in [2.75, 3.05) is 0 Å². The number of nitrogens with zero attached hydrogens (tertiary/aromatic N) is 2. The van der Waals surface area contributed by atoms with Crippen molar-refractivity contribution in [2.24, 2.45) is 0 Å². The van der Waals surface area contributed by atoms with Gasteiger partial charge in [0, 0.05) is 29.6 Å². The lowest BCUT2D eigenvalue weighted by molar-refractivity contribution is 0.112. The summed E-state index contributed by atoms with van der Waals surface area (Å²) in [5, 5.41) is 0. The Morgan fingerprint density at radius 3 is 2.73 bits per heavy atom. The van der Waals surface area contributed by atoms with Gasteiger partial charge in [-0.05, 0) is 6.07 Å². The van der Waals surface area contributed by atoms with Crippen LogP contribution in [0.1, 0.15) is 36.8 Å². The van der Waals surface area contributed by atoms with Gasteiger partial charge in [-0.15, -0.1) is 0 Å². The number of hydrogen-bond acceptors (Lipinski definition) is 2. The maximum atomic E-state index is 10.7. The van der Waals surface area contributed by atoms with Gasteiger partial charge in [0.1, 0.15) is 0 Å². The fourth-order valence-corrected chi connectivity index (χ4v) is 1.70. The summed E-state index contributed by atoms with van der Waals surface area (Å²) >= 11 is 0. The third-order valence-corrected chi connectivity index (χ3v) is 2.39. The molecule has 15 heavy (non-hydrogen) atoms. The van der Waals surface area contributed by atoms with Gasteiger partial charge in [-0.1, -0.05) is 20.8 Å². The molecule has 0 aliphatic heterocycles. The van der Waals surface area contributed by atoms with Crippen LogP contribution in [0.5, 0.6) is 0 Å². The minimum atomic E-state index is -0.0129. The largest absolute Gasteiger partial charge is 0.320 e. The Labute approximate surface area is 88.8 Å². The highest BCUT2D eigenvalue weighted by atomic mass is 16.1. The van der Waals surface area contributed by atoms with Crippen LogP contribution in [0, 0.1) is 0 Å². The summed E-state index contributed by atoms with van der Waals surface area (Å²) in [5.41, 5.74) is 2.69. The van der Waals surface area contributed by atoms with Crippen molar-refractivity contribution in [2.45, 2.75) is 26.2 Å². The molecule has 0 saturated carbocycles. The Hall–Kier alpha value is -1.64. The lowest BCUT2D eigenvalue weighted by Crippen LogP contribution is -2.14. The maximum Gasteiger partial charge on any atom is 0.151 e. The van der Waals surface area contributed by atoms with Gasteiger partial charge >= 0.3 is 0 Å². The Balaban J connectivity index is 2.75. The first kappa shape index (κ1) is 9.90. The second kappa shape index (κ2) is 3.19. The number of hydrogen-bond donors (Lipinski definition) is 0. The molecule has 2 aromatic rings. The molecule has 2 heterocycles. The van der Waals surface area contributed by atoms with Gasteiger partial charge in [0.15, 0.2) is 6.29 Å². The third kappa shape index (κ3) is 1.65. The van der Waals surface area contributed by atoms with Crippen LogP contribution in [-0.4, -0.2) is 15.7 Å². The molecule has 0 aliphatic rings. The highest BCUT2D eigenvalue weighted by Gasteiger charge is 2.19. The summed E-state index contributed by atoms with van der Waals surface area (Å²) in [6, 6.07) is 1.88. The fourth-order valence-electron chi connectivity index (χ4n) is 1.70. The summed E-state index contributed by atoms with van der Waals surface area (Å²) in [5.74, 6) is 0. The van der Waals surface area contributed by atoms with E-state index in [4.69, 9.17) is 0 Å². The van der Waals surface area contributed by atoms with Gasteiger partial charge < -0.3 is 4.40 Å². The van der Waals surface area contributed by atoms with Crippen LogP contribution in [0.2, 0.25) is 0 Å². The van der Waals surface area contributed by atoms with Gasteiger partial charge in [-0.2, -0.15) is 0 Å². The molecular formula is C12H14N2O. The van der Waals surface area contributed by atoms with E-state index >= 15 is 0 Å². The average molecular weight is 202 g/mol. The van der Waals surface area contributed by atoms with Crippen molar-refractivity contribution < 1.29 is 4.79 Å². The molecular weight excluding hydrogens is 188 g/mol. The topological polar surface area (TPSA) is 34.4 Å². The zero-order valence-corrected chi connectivity index (χ0v) is 9.19. The third-order valence-electron chi connectivity index (χ3n) is 2.39. The van der Waals surface area contributed by atoms with Gasteiger partial charge in [-0.25, -0.2) is 0 Å². The van der Waals surface area contributed by atoms with E-state index in [0.29, 0.717) is 5.56 Å². The minimum absolute atomic E-state index is 0.0129. The molecule has 2 aromatic heterocycles. The van der Waals surface area contributed by atoms with Crippen molar-refractivity contribution in [3.63, 3.8) is 0 Å². The van der Waals surface area contributed by atoms with Crippen molar-refractivity contribution in [3.05, 3.63) is 35.9 Å².